The van der Waals surface area contributed by atoms with Crippen LogP contribution >= 0.6 is 0 Å². The molecule has 2 N–H and O–H groups in total. The summed E-state index contributed by atoms with van der Waals surface area (Å²) < 4.78 is 10.3. The summed E-state index contributed by atoms with van der Waals surface area (Å²) >= 11 is 0. The monoisotopic (exact) mass is 381 g/mol. The summed E-state index contributed by atoms with van der Waals surface area (Å²) in [6.45, 7) is 2.31. The SMILES string of the molecule is CCN(CC(=O)O)C1CC(NC(=O)COc2ccc([N+](=O)[O-])c(OC)c2)C1. The molecule has 2 rings (SSSR count). The van der Waals surface area contributed by atoms with Crippen molar-refractivity contribution in [3.05, 3.63) is 28.3 Å². The molecule has 0 bridgehead atoms. The molecule has 0 heterocycles. The van der Waals surface area contributed by atoms with Crippen LogP contribution in [0.2, 0.25) is 0 Å². The van der Waals surface area contributed by atoms with Crippen molar-refractivity contribution in [1.29, 1.82) is 0 Å². The van der Waals surface area contributed by atoms with Gasteiger partial charge < -0.3 is 19.9 Å². The molecule has 1 aliphatic rings. The summed E-state index contributed by atoms with van der Waals surface area (Å²) in [6, 6.07) is 4.15. The first kappa shape index (κ1) is 20.4. The molecule has 0 aromatic heterocycles. The van der Waals surface area contributed by atoms with Gasteiger partial charge in [0.15, 0.2) is 6.61 Å². The average Bonchev–Trinajstić information content (AvgIpc) is 2.60. The lowest BCUT2D eigenvalue weighted by Crippen LogP contribution is -2.55. The molecule has 0 aliphatic heterocycles. The zero-order valence-electron chi connectivity index (χ0n) is 15.2. The normalized spacial score (nSPS) is 18.5. The third-order valence-corrected chi connectivity index (χ3v) is 4.46. The Morgan fingerprint density at radius 2 is 2.11 bits per heavy atom. The highest BCUT2D eigenvalue weighted by Gasteiger charge is 2.34. The standard InChI is InChI=1S/C17H23N3O7/c1-3-19(9-17(22)23)12-6-11(7-12)18-16(21)10-27-13-4-5-14(20(24)25)15(8-13)26-2/h4-5,8,11-12H,3,6-7,9-10H2,1-2H3,(H,18,21)(H,22,23). The van der Waals surface area contributed by atoms with Crippen LogP contribution in [-0.4, -0.2) is 65.7 Å². The van der Waals surface area contributed by atoms with E-state index in [1.807, 2.05) is 11.8 Å². The molecule has 1 aromatic rings. The lowest BCUT2D eigenvalue weighted by molar-refractivity contribution is -0.385. The first-order valence-electron chi connectivity index (χ1n) is 8.54. The number of nitro groups is 1. The summed E-state index contributed by atoms with van der Waals surface area (Å²) in [5.74, 6) is -0.830. The topological polar surface area (TPSA) is 131 Å². The van der Waals surface area contributed by atoms with Crippen LogP contribution in [0.3, 0.4) is 0 Å². The van der Waals surface area contributed by atoms with Gasteiger partial charge in [0.2, 0.25) is 5.75 Å². The van der Waals surface area contributed by atoms with Gasteiger partial charge in [-0.15, -0.1) is 0 Å². The molecule has 27 heavy (non-hydrogen) atoms. The molecule has 1 aromatic carbocycles. The molecule has 0 radical (unpaired) electrons. The van der Waals surface area contributed by atoms with Crippen molar-refractivity contribution in [2.45, 2.75) is 31.8 Å². The van der Waals surface area contributed by atoms with Gasteiger partial charge in [-0.3, -0.25) is 24.6 Å². The number of rotatable bonds is 10. The first-order valence-corrected chi connectivity index (χ1v) is 8.54. The maximum absolute atomic E-state index is 12.0. The Bertz CT molecular complexity index is 704. The third-order valence-electron chi connectivity index (χ3n) is 4.46. The van der Waals surface area contributed by atoms with Gasteiger partial charge in [0, 0.05) is 24.2 Å². The third kappa shape index (κ3) is 5.55. The summed E-state index contributed by atoms with van der Waals surface area (Å²) in [4.78, 5) is 35.0. The molecule has 1 saturated carbocycles. The largest absolute Gasteiger partial charge is 0.490 e. The number of carbonyl (C=O) groups is 2. The van der Waals surface area contributed by atoms with E-state index in [0.717, 1.165) is 0 Å². The molecule has 1 aliphatic carbocycles. The predicted molar refractivity (Wildman–Crippen MR) is 95.0 cm³/mol. The van der Waals surface area contributed by atoms with Crippen LogP contribution < -0.4 is 14.8 Å². The Morgan fingerprint density at radius 3 is 2.67 bits per heavy atom. The number of aliphatic carboxylic acids is 1. The highest BCUT2D eigenvalue weighted by atomic mass is 16.6. The van der Waals surface area contributed by atoms with Crippen LogP contribution in [0.4, 0.5) is 5.69 Å². The predicted octanol–water partition coefficient (Wildman–Crippen LogP) is 1.04. The number of nitrogens with one attached hydrogen (secondary N) is 1. The summed E-state index contributed by atoms with van der Waals surface area (Å²) in [6.07, 6.45) is 1.39. The maximum Gasteiger partial charge on any atom is 0.317 e. The minimum atomic E-state index is -0.865. The molecule has 10 heteroatoms. The lowest BCUT2D eigenvalue weighted by Gasteiger charge is -2.42. The lowest BCUT2D eigenvalue weighted by atomic mass is 9.85. The number of nitrogens with zero attached hydrogens (tertiary/aromatic N) is 2. The highest BCUT2D eigenvalue weighted by molar-refractivity contribution is 5.78. The van der Waals surface area contributed by atoms with Crippen LogP contribution in [0.1, 0.15) is 19.8 Å². The fourth-order valence-corrected chi connectivity index (χ4v) is 2.99. The van der Waals surface area contributed by atoms with E-state index >= 15 is 0 Å². The van der Waals surface area contributed by atoms with Crippen LogP contribution in [0.25, 0.3) is 0 Å². The van der Waals surface area contributed by atoms with Gasteiger partial charge >= 0.3 is 11.7 Å². The number of methoxy groups -OCH3 is 1. The van der Waals surface area contributed by atoms with Crippen molar-refractivity contribution in [1.82, 2.24) is 10.2 Å². The quantitative estimate of drug-likeness (QED) is 0.454. The number of ether oxygens (including phenoxy) is 2. The highest BCUT2D eigenvalue weighted by Crippen LogP contribution is 2.30. The molecular formula is C17H23N3O7. The summed E-state index contributed by atoms with van der Waals surface area (Å²) in [5.41, 5.74) is -0.184. The Kier molecular flexibility index (Phi) is 6.94. The number of carbonyl (C=O) groups excluding carboxylic acids is 1. The van der Waals surface area contributed by atoms with E-state index in [0.29, 0.717) is 19.4 Å². The number of amides is 1. The second-order valence-electron chi connectivity index (χ2n) is 6.23. The fraction of sp³-hybridized carbons (Fsp3) is 0.529. The Labute approximate surface area is 156 Å². The molecule has 148 valence electrons. The van der Waals surface area contributed by atoms with Crippen molar-refractivity contribution in [3.63, 3.8) is 0 Å². The van der Waals surface area contributed by atoms with E-state index in [2.05, 4.69) is 5.32 Å². The molecular weight excluding hydrogens is 358 g/mol. The number of nitro benzene ring substituents is 1. The smallest absolute Gasteiger partial charge is 0.317 e. The minimum Gasteiger partial charge on any atom is -0.490 e. The van der Waals surface area contributed by atoms with Crippen molar-refractivity contribution in [2.24, 2.45) is 0 Å². The van der Waals surface area contributed by atoms with Crippen LogP contribution in [0, 0.1) is 10.1 Å². The van der Waals surface area contributed by atoms with Gasteiger partial charge in [-0.05, 0) is 25.5 Å². The van der Waals surface area contributed by atoms with Crippen molar-refractivity contribution < 1.29 is 29.1 Å². The molecule has 0 unspecified atom stereocenters. The summed E-state index contributed by atoms with van der Waals surface area (Å²) in [5, 5.41) is 22.6. The van der Waals surface area contributed by atoms with Gasteiger partial charge in [0.05, 0.1) is 18.6 Å². The second-order valence-corrected chi connectivity index (χ2v) is 6.23. The number of hydrogen-bond donors (Lipinski definition) is 2. The number of likely N-dealkylation sites (N-methyl/N-ethyl adjacent to an activating group) is 1. The van der Waals surface area contributed by atoms with Crippen molar-refractivity contribution >= 4 is 17.6 Å². The fourth-order valence-electron chi connectivity index (χ4n) is 2.99. The molecule has 1 amide bonds. The van der Waals surface area contributed by atoms with Crippen LogP contribution in [0.5, 0.6) is 11.5 Å². The maximum atomic E-state index is 12.0. The zero-order valence-corrected chi connectivity index (χ0v) is 15.2. The molecule has 0 atom stereocenters. The molecule has 10 nitrogen and oxygen atoms in total. The Morgan fingerprint density at radius 1 is 1.41 bits per heavy atom. The van der Waals surface area contributed by atoms with Gasteiger partial charge in [-0.25, -0.2) is 0 Å². The van der Waals surface area contributed by atoms with E-state index in [4.69, 9.17) is 14.6 Å². The molecule has 0 saturated heterocycles. The number of carboxylic acid groups (broad SMARTS) is 1. The van der Waals surface area contributed by atoms with Crippen molar-refractivity contribution in [2.75, 3.05) is 26.8 Å². The average molecular weight is 381 g/mol. The van der Waals surface area contributed by atoms with E-state index in [9.17, 15) is 19.7 Å². The van der Waals surface area contributed by atoms with Crippen LogP contribution in [0.15, 0.2) is 18.2 Å². The van der Waals surface area contributed by atoms with Gasteiger partial charge in [-0.1, -0.05) is 6.92 Å². The van der Waals surface area contributed by atoms with Gasteiger partial charge in [-0.2, -0.15) is 0 Å². The van der Waals surface area contributed by atoms with Crippen molar-refractivity contribution in [3.8, 4) is 11.5 Å². The first-order chi connectivity index (χ1) is 12.8. The number of hydrogen-bond acceptors (Lipinski definition) is 7. The van der Waals surface area contributed by atoms with E-state index in [1.165, 1.54) is 25.3 Å². The van der Waals surface area contributed by atoms with E-state index < -0.39 is 10.9 Å². The summed E-state index contributed by atoms with van der Waals surface area (Å²) in [7, 11) is 1.32. The molecule has 1 fully saturated rings. The van der Waals surface area contributed by atoms with E-state index in [1.54, 1.807) is 0 Å². The van der Waals surface area contributed by atoms with Crippen LogP contribution in [-0.2, 0) is 9.59 Å². The second kappa shape index (κ2) is 9.17. The Balaban J connectivity index is 1.78. The number of benzene rings is 1. The van der Waals surface area contributed by atoms with E-state index in [-0.39, 0.29) is 48.3 Å². The Hall–Kier alpha value is -2.88. The van der Waals surface area contributed by atoms with Gasteiger partial charge in [0.25, 0.3) is 5.91 Å². The zero-order chi connectivity index (χ0) is 20.0. The number of carboxylic acids is 1. The molecule has 0 spiro atoms. The van der Waals surface area contributed by atoms with Gasteiger partial charge in [0.1, 0.15) is 5.75 Å². The minimum absolute atomic E-state index is 0.00702.